The lowest BCUT2D eigenvalue weighted by molar-refractivity contribution is -0.146. The van der Waals surface area contributed by atoms with E-state index in [4.69, 9.17) is 9.47 Å². The highest BCUT2D eigenvalue weighted by atomic mass is 16.5. The third-order valence-electron chi connectivity index (χ3n) is 3.85. The van der Waals surface area contributed by atoms with Crippen LogP contribution in [-0.2, 0) is 14.3 Å². The van der Waals surface area contributed by atoms with Crippen LogP contribution < -0.4 is 15.4 Å². The Morgan fingerprint density at radius 1 is 0.963 bits per heavy atom. The van der Waals surface area contributed by atoms with Crippen molar-refractivity contribution in [3.05, 3.63) is 59.2 Å². The summed E-state index contributed by atoms with van der Waals surface area (Å²) >= 11 is 0. The predicted molar refractivity (Wildman–Crippen MR) is 101 cm³/mol. The van der Waals surface area contributed by atoms with Crippen LogP contribution in [0.5, 0.6) is 5.75 Å². The quantitative estimate of drug-likeness (QED) is 0.729. The van der Waals surface area contributed by atoms with E-state index in [1.54, 1.807) is 24.3 Å². The van der Waals surface area contributed by atoms with Crippen molar-refractivity contribution in [2.45, 2.75) is 13.8 Å². The Kier molecular flexibility index (Phi) is 6.93. The van der Waals surface area contributed by atoms with E-state index in [1.165, 1.54) is 7.11 Å². The smallest absolute Gasteiger partial charge is 0.325 e. The van der Waals surface area contributed by atoms with E-state index in [0.717, 1.165) is 11.1 Å². The Balaban J connectivity index is 1.80. The lowest BCUT2D eigenvalue weighted by Gasteiger charge is -2.12. The highest BCUT2D eigenvalue weighted by Gasteiger charge is 2.14. The van der Waals surface area contributed by atoms with Gasteiger partial charge >= 0.3 is 5.97 Å². The van der Waals surface area contributed by atoms with Gasteiger partial charge in [0.15, 0.2) is 6.61 Å². The summed E-state index contributed by atoms with van der Waals surface area (Å²) in [7, 11) is 1.45. The highest BCUT2D eigenvalue weighted by Crippen LogP contribution is 2.19. The second-order valence-corrected chi connectivity index (χ2v) is 5.86. The van der Waals surface area contributed by atoms with Gasteiger partial charge in [0.25, 0.3) is 11.8 Å². The number of carbonyl (C=O) groups is 3. The monoisotopic (exact) mass is 370 g/mol. The van der Waals surface area contributed by atoms with E-state index in [2.05, 4.69) is 10.6 Å². The Hall–Kier alpha value is -3.35. The molecule has 0 saturated carbocycles. The van der Waals surface area contributed by atoms with Gasteiger partial charge in [-0.1, -0.05) is 30.3 Å². The van der Waals surface area contributed by atoms with Crippen molar-refractivity contribution in [2.75, 3.05) is 25.6 Å². The molecule has 0 radical (unpaired) electrons. The molecule has 0 bridgehead atoms. The van der Waals surface area contributed by atoms with Crippen LogP contribution in [0, 0.1) is 13.8 Å². The number of benzene rings is 2. The molecule has 2 amide bonds. The third-order valence-corrected chi connectivity index (χ3v) is 3.85. The number of carbonyl (C=O) groups excluding carboxylic acids is 3. The van der Waals surface area contributed by atoms with Gasteiger partial charge in [-0.3, -0.25) is 14.4 Å². The fraction of sp³-hybridized carbons (Fsp3) is 0.250. The summed E-state index contributed by atoms with van der Waals surface area (Å²) in [5.74, 6) is -1.23. The van der Waals surface area contributed by atoms with Crippen molar-refractivity contribution in [3.8, 4) is 5.75 Å². The van der Waals surface area contributed by atoms with Crippen molar-refractivity contribution in [1.29, 1.82) is 0 Å². The van der Waals surface area contributed by atoms with Gasteiger partial charge in [0, 0.05) is 5.69 Å². The maximum atomic E-state index is 12.1. The minimum Gasteiger partial charge on any atom is -0.496 e. The summed E-state index contributed by atoms with van der Waals surface area (Å²) in [6.45, 7) is 2.97. The molecule has 2 N–H and O–H groups in total. The number of anilines is 1. The van der Waals surface area contributed by atoms with Gasteiger partial charge in [-0.25, -0.2) is 0 Å². The van der Waals surface area contributed by atoms with Crippen LogP contribution >= 0.6 is 0 Å². The van der Waals surface area contributed by atoms with Gasteiger partial charge in [-0.2, -0.15) is 0 Å². The number of para-hydroxylation sites is 2. The summed E-state index contributed by atoms with van der Waals surface area (Å²) < 4.78 is 10.00. The molecule has 2 rings (SSSR count). The van der Waals surface area contributed by atoms with Crippen LogP contribution in [0.4, 0.5) is 5.69 Å². The lowest BCUT2D eigenvalue weighted by atomic mass is 10.1. The maximum absolute atomic E-state index is 12.1. The zero-order valence-electron chi connectivity index (χ0n) is 15.5. The fourth-order valence-electron chi connectivity index (χ4n) is 2.46. The van der Waals surface area contributed by atoms with Crippen LogP contribution in [0.2, 0.25) is 0 Å². The first kappa shape index (κ1) is 20.0. The number of ether oxygens (including phenoxy) is 2. The van der Waals surface area contributed by atoms with Crippen molar-refractivity contribution < 1.29 is 23.9 Å². The molecule has 0 aromatic heterocycles. The molecule has 0 heterocycles. The molecule has 0 fully saturated rings. The van der Waals surface area contributed by atoms with E-state index >= 15 is 0 Å². The van der Waals surface area contributed by atoms with Crippen molar-refractivity contribution in [2.24, 2.45) is 0 Å². The third kappa shape index (κ3) is 5.57. The van der Waals surface area contributed by atoms with E-state index in [9.17, 15) is 14.4 Å². The molecule has 0 unspecified atom stereocenters. The normalized spacial score (nSPS) is 10.0. The number of aryl methyl sites for hydroxylation is 2. The number of rotatable bonds is 7. The molecule has 2 aromatic carbocycles. The summed E-state index contributed by atoms with van der Waals surface area (Å²) in [6, 6.07) is 12.3. The molecule has 0 aliphatic heterocycles. The van der Waals surface area contributed by atoms with Crippen LogP contribution in [0.15, 0.2) is 42.5 Å². The number of hydrogen-bond acceptors (Lipinski definition) is 5. The molecule has 0 saturated heterocycles. The predicted octanol–water partition coefficient (Wildman–Crippen LogP) is 2.22. The highest BCUT2D eigenvalue weighted by molar-refractivity contribution is 5.98. The molecular formula is C20H22N2O5. The number of esters is 1. The minimum absolute atomic E-state index is 0.306. The van der Waals surface area contributed by atoms with Crippen LogP contribution in [0.1, 0.15) is 21.5 Å². The summed E-state index contributed by atoms with van der Waals surface area (Å²) in [4.78, 5) is 35.9. The van der Waals surface area contributed by atoms with Gasteiger partial charge in [0.2, 0.25) is 0 Å². The number of nitrogens with one attached hydrogen (secondary N) is 2. The fourth-order valence-corrected chi connectivity index (χ4v) is 2.46. The average molecular weight is 370 g/mol. The number of methoxy groups -OCH3 is 1. The van der Waals surface area contributed by atoms with Gasteiger partial charge in [0.05, 0.1) is 12.7 Å². The lowest BCUT2D eigenvalue weighted by Crippen LogP contribution is -2.32. The number of hydrogen-bond donors (Lipinski definition) is 2. The first-order chi connectivity index (χ1) is 12.9. The van der Waals surface area contributed by atoms with Crippen LogP contribution in [0.3, 0.4) is 0 Å². The van der Waals surface area contributed by atoms with Gasteiger partial charge in [0.1, 0.15) is 12.3 Å². The molecular weight excluding hydrogens is 348 g/mol. The van der Waals surface area contributed by atoms with Gasteiger partial charge in [-0.05, 0) is 37.1 Å². The maximum Gasteiger partial charge on any atom is 0.325 e. The summed E-state index contributed by atoms with van der Waals surface area (Å²) in [5.41, 5.74) is 2.83. The first-order valence-corrected chi connectivity index (χ1v) is 8.35. The van der Waals surface area contributed by atoms with Crippen molar-refractivity contribution in [1.82, 2.24) is 5.32 Å². The van der Waals surface area contributed by atoms with Gasteiger partial charge < -0.3 is 20.1 Å². The Labute approximate surface area is 157 Å². The van der Waals surface area contributed by atoms with Crippen molar-refractivity contribution >= 4 is 23.5 Å². The van der Waals surface area contributed by atoms with E-state index in [-0.39, 0.29) is 6.54 Å². The molecule has 7 heteroatoms. The summed E-state index contributed by atoms with van der Waals surface area (Å²) in [5, 5.41) is 5.16. The SMILES string of the molecule is COc1ccccc1C(=O)NCC(=O)OCC(=O)Nc1c(C)cccc1C. The topological polar surface area (TPSA) is 93.7 Å². The second kappa shape index (κ2) is 9.38. The summed E-state index contributed by atoms with van der Waals surface area (Å²) in [6.07, 6.45) is 0. The molecule has 27 heavy (non-hydrogen) atoms. The number of amides is 2. The molecule has 0 spiro atoms. The molecule has 142 valence electrons. The molecule has 0 aliphatic carbocycles. The first-order valence-electron chi connectivity index (χ1n) is 8.35. The standard InChI is InChI=1S/C20H22N2O5/c1-13-7-6-8-14(2)19(13)22-17(23)12-27-18(24)11-21-20(25)15-9-4-5-10-16(15)26-3/h4-10H,11-12H2,1-3H3,(H,21,25)(H,22,23). The molecule has 2 aromatic rings. The zero-order chi connectivity index (χ0) is 19.8. The van der Waals surface area contributed by atoms with Crippen LogP contribution in [-0.4, -0.2) is 38.0 Å². The molecule has 0 atom stereocenters. The van der Waals surface area contributed by atoms with Gasteiger partial charge in [-0.15, -0.1) is 0 Å². The van der Waals surface area contributed by atoms with E-state index in [1.807, 2.05) is 32.0 Å². The van der Waals surface area contributed by atoms with Crippen LogP contribution in [0.25, 0.3) is 0 Å². The average Bonchev–Trinajstić information content (AvgIpc) is 2.67. The van der Waals surface area contributed by atoms with E-state index < -0.39 is 24.4 Å². The Morgan fingerprint density at radius 3 is 2.30 bits per heavy atom. The largest absolute Gasteiger partial charge is 0.496 e. The minimum atomic E-state index is -0.713. The van der Waals surface area contributed by atoms with E-state index in [0.29, 0.717) is 17.0 Å². The second-order valence-electron chi connectivity index (χ2n) is 5.86. The Bertz CT molecular complexity index is 828. The zero-order valence-corrected chi connectivity index (χ0v) is 15.5. The molecule has 7 nitrogen and oxygen atoms in total. The van der Waals surface area contributed by atoms with Crippen molar-refractivity contribution in [3.63, 3.8) is 0 Å². The molecule has 0 aliphatic rings. The Morgan fingerprint density at radius 2 is 1.63 bits per heavy atom.